The Morgan fingerprint density at radius 1 is 1.36 bits per heavy atom. The standard InChI is InChI=1S/C11H20N2S/c1-11(6-2-3-7-11)8-12-10(14)13-9-4-5-9/h9H,2-8H2,1H3,(H2,12,13,14). The highest BCUT2D eigenvalue weighted by atomic mass is 32.1. The Hall–Kier alpha value is -0.310. The highest BCUT2D eigenvalue weighted by Crippen LogP contribution is 2.36. The molecule has 2 nitrogen and oxygen atoms in total. The fourth-order valence-electron chi connectivity index (χ4n) is 2.16. The second-order valence-corrected chi connectivity index (χ2v) is 5.53. The van der Waals surface area contributed by atoms with Gasteiger partial charge in [0.2, 0.25) is 0 Å². The maximum Gasteiger partial charge on any atom is 0.166 e. The van der Waals surface area contributed by atoms with Crippen LogP contribution < -0.4 is 10.6 Å². The molecular weight excluding hydrogens is 192 g/mol. The van der Waals surface area contributed by atoms with Gasteiger partial charge in [-0.15, -0.1) is 0 Å². The summed E-state index contributed by atoms with van der Waals surface area (Å²) in [5.41, 5.74) is 0.495. The van der Waals surface area contributed by atoms with Gasteiger partial charge in [0.05, 0.1) is 0 Å². The van der Waals surface area contributed by atoms with Crippen molar-refractivity contribution in [3.63, 3.8) is 0 Å². The highest BCUT2D eigenvalue weighted by molar-refractivity contribution is 7.80. The van der Waals surface area contributed by atoms with Crippen LogP contribution in [0.5, 0.6) is 0 Å². The molecule has 0 amide bonds. The minimum absolute atomic E-state index is 0.495. The van der Waals surface area contributed by atoms with E-state index in [1.165, 1.54) is 38.5 Å². The summed E-state index contributed by atoms with van der Waals surface area (Å²) in [5, 5.41) is 7.53. The first-order chi connectivity index (χ1) is 6.68. The fourth-order valence-corrected chi connectivity index (χ4v) is 2.40. The molecule has 0 aromatic rings. The summed E-state index contributed by atoms with van der Waals surface area (Å²) < 4.78 is 0. The lowest BCUT2D eigenvalue weighted by Gasteiger charge is -2.24. The molecule has 0 spiro atoms. The average molecular weight is 212 g/mol. The van der Waals surface area contributed by atoms with Crippen molar-refractivity contribution >= 4 is 17.3 Å². The molecule has 2 N–H and O–H groups in total. The van der Waals surface area contributed by atoms with Gasteiger partial charge in [-0.2, -0.15) is 0 Å². The Morgan fingerprint density at radius 2 is 2.00 bits per heavy atom. The Morgan fingerprint density at radius 3 is 2.57 bits per heavy atom. The zero-order valence-electron chi connectivity index (χ0n) is 8.94. The van der Waals surface area contributed by atoms with E-state index >= 15 is 0 Å². The normalized spacial score (nSPS) is 24.6. The van der Waals surface area contributed by atoms with E-state index in [1.54, 1.807) is 0 Å². The van der Waals surface area contributed by atoms with Crippen molar-refractivity contribution in [2.45, 2.75) is 51.5 Å². The first-order valence-electron chi connectivity index (χ1n) is 5.72. The van der Waals surface area contributed by atoms with E-state index in [4.69, 9.17) is 12.2 Å². The highest BCUT2D eigenvalue weighted by Gasteiger charge is 2.29. The summed E-state index contributed by atoms with van der Waals surface area (Å²) in [7, 11) is 0. The second kappa shape index (κ2) is 4.05. The average Bonchev–Trinajstić information content (AvgIpc) is 2.85. The summed E-state index contributed by atoms with van der Waals surface area (Å²) >= 11 is 5.23. The van der Waals surface area contributed by atoms with Crippen LogP contribution in [0.2, 0.25) is 0 Å². The minimum Gasteiger partial charge on any atom is -0.362 e. The van der Waals surface area contributed by atoms with E-state index in [-0.39, 0.29) is 0 Å². The molecule has 2 rings (SSSR count). The molecule has 0 unspecified atom stereocenters. The first kappa shape index (κ1) is 10.2. The van der Waals surface area contributed by atoms with Gasteiger partial charge in [0, 0.05) is 12.6 Å². The molecule has 0 radical (unpaired) electrons. The van der Waals surface area contributed by atoms with Crippen molar-refractivity contribution in [3.05, 3.63) is 0 Å². The smallest absolute Gasteiger partial charge is 0.166 e. The SMILES string of the molecule is CC1(CNC(=S)NC2CC2)CCCC1. The summed E-state index contributed by atoms with van der Waals surface area (Å²) in [6.45, 7) is 3.41. The molecule has 80 valence electrons. The Kier molecular flexibility index (Phi) is 2.96. The van der Waals surface area contributed by atoms with Gasteiger partial charge in [-0.1, -0.05) is 19.8 Å². The molecule has 0 heterocycles. The van der Waals surface area contributed by atoms with Gasteiger partial charge in [-0.25, -0.2) is 0 Å². The fraction of sp³-hybridized carbons (Fsp3) is 0.909. The molecule has 2 aliphatic carbocycles. The van der Waals surface area contributed by atoms with Crippen LogP contribution in [0.3, 0.4) is 0 Å². The zero-order chi connectivity index (χ0) is 10.0. The van der Waals surface area contributed by atoms with Crippen molar-refractivity contribution in [2.75, 3.05) is 6.54 Å². The zero-order valence-corrected chi connectivity index (χ0v) is 9.75. The quantitative estimate of drug-likeness (QED) is 0.701. The van der Waals surface area contributed by atoms with Gasteiger partial charge in [0.25, 0.3) is 0 Å². The van der Waals surface area contributed by atoms with Crippen molar-refractivity contribution in [3.8, 4) is 0 Å². The Bertz CT molecular complexity index is 217. The largest absolute Gasteiger partial charge is 0.362 e. The second-order valence-electron chi connectivity index (χ2n) is 5.12. The molecule has 2 aliphatic rings. The number of nitrogens with one attached hydrogen (secondary N) is 2. The van der Waals surface area contributed by atoms with Crippen LogP contribution in [0.4, 0.5) is 0 Å². The maximum absolute atomic E-state index is 5.23. The van der Waals surface area contributed by atoms with E-state index in [0.717, 1.165) is 11.7 Å². The number of rotatable bonds is 3. The summed E-state index contributed by atoms with van der Waals surface area (Å²) in [6, 6.07) is 0.673. The molecule has 0 bridgehead atoms. The number of hydrogen-bond donors (Lipinski definition) is 2. The molecule has 0 saturated heterocycles. The van der Waals surface area contributed by atoms with Gasteiger partial charge >= 0.3 is 0 Å². The van der Waals surface area contributed by atoms with E-state index in [0.29, 0.717) is 11.5 Å². The van der Waals surface area contributed by atoms with Crippen LogP contribution in [-0.4, -0.2) is 17.7 Å². The van der Waals surface area contributed by atoms with Crippen LogP contribution in [0.1, 0.15) is 45.4 Å². The molecule has 0 aliphatic heterocycles. The van der Waals surface area contributed by atoms with Gasteiger partial charge in [-0.05, 0) is 43.3 Å². The molecule has 2 fully saturated rings. The summed E-state index contributed by atoms with van der Waals surface area (Å²) in [4.78, 5) is 0. The van der Waals surface area contributed by atoms with Crippen molar-refractivity contribution < 1.29 is 0 Å². The third kappa shape index (κ3) is 2.84. The Balaban J connectivity index is 1.67. The van der Waals surface area contributed by atoms with Gasteiger partial charge in [0.1, 0.15) is 0 Å². The van der Waals surface area contributed by atoms with Gasteiger partial charge in [0.15, 0.2) is 5.11 Å². The van der Waals surface area contributed by atoms with Crippen LogP contribution >= 0.6 is 12.2 Å². The predicted octanol–water partition coefficient (Wildman–Crippen LogP) is 2.19. The van der Waals surface area contributed by atoms with Crippen LogP contribution in [-0.2, 0) is 0 Å². The summed E-state index contributed by atoms with van der Waals surface area (Å²) in [6.07, 6.45) is 8.07. The van der Waals surface area contributed by atoms with E-state index < -0.39 is 0 Å². The Labute approximate surface area is 91.8 Å². The lowest BCUT2D eigenvalue weighted by atomic mass is 9.89. The predicted molar refractivity (Wildman–Crippen MR) is 63.3 cm³/mol. The maximum atomic E-state index is 5.23. The molecule has 0 aromatic carbocycles. The topological polar surface area (TPSA) is 24.1 Å². The molecular formula is C11H20N2S. The third-order valence-corrected chi connectivity index (χ3v) is 3.66. The monoisotopic (exact) mass is 212 g/mol. The lowest BCUT2D eigenvalue weighted by Crippen LogP contribution is -2.41. The van der Waals surface area contributed by atoms with E-state index in [9.17, 15) is 0 Å². The van der Waals surface area contributed by atoms with Crippen molar-refractivity contribution in [1.82, 2.24) is 10.6 Å². The molecule has 3 heteroatoms. The number of hydrogen-bond acceptors (Lipinski definition) is 1. The van der Waals surface area contributed by atoms with E-state index in [1.807, 2.05) is 0 Å². The van der Waals surface area contributed by atoms with Gasteiger partial charge < -0.3 is 10.6 Å². The molecule has 2 saturated carbocycles. The third-order valence-electron chi connectivity index (χ3n) is 3.40. The molecule has 0 atom stereocenters. The van der Waals surface area contributed by atoms with Crippen molar-refractivity contribution in [1.29, 1.82) is 0 Å². The lowest BCUT2D eigenvalue weighted by molar-refractivity contribution is 0.335. The molecule has 14 heavy (non-hydrogen) atoms. The molecule has 0 aromatic heterocycles. The minimum atomic E-state index is 0.495. The van der Waals surface area contributed by atoms with E-state index in [2.05, 4.69) is 17.6 Å². The first-order valence-corrected chi connectivity index (χ1v) is 6.13. The number of thiocarbonyl (C=S) groups is 1. The summed E-state index contributed by atoms with van der Waals surface area (Å²) in [5.74, 6) is 0. The van der Waals surface area contributed by atoms with Crippen LogP contribution in [0.15, 0.2) is 0 Å². The van der Waals surface area contributed by atoms with Crippen LogP contribution in [0.25, 0.3) is 0 Å². The van der Waals surface area contributed by atoms with Gasteiger partial charge in [-0.3, -0.25) is 0 Å². The van der Waals surface area contributed by atoms with Crippen LogP contribution in [0, 0.1) is 5.41 Å². The van der Waals surface area contributed by atoms with Crippen molar-refractivity contribution in [2.24, 2.45) is 5.41 Å².